The first kappa shape index (κ1) is 11.1. The third-order valence-electron chi connectivity index (χ3n) is 2.35. The number of hydrogen-bond donors (Lipinski definition) is 0. The summed E-state index contributed by atoms with van der Waals surface area (Å²) in [7, 11) is 0. The lowest BCUT2D eigenvalue weighted by Gasteiger charge is -2.04. The molecule has 0 spiro atoms. The average Bonchev–Trinajstić information content (AvgIpc) is 2.18. The summed E-state index contributed by atoms with van der Waals surface area (Å²) in [6.07, 6.45) is 2.16. The lowest BCUT2D eigenvalue weighted by atomic mass is 10.0. The van der Waals surface area contributed by atoms with Crippen molar-refractivity contribution in [1.82, 2.24) is 0 Å². The summed E-state index contributed by atoms with van der Waals surface area (Å²) in [4.78, 5) is 0. The molecule has 0 saturated heterocycles. The van der Waals surface area contributed by atoms with Crippen molar-refractivity contribution in [1.29, 1.82) is 5.26 Å². The van der Waals surface area contributed by atoms with Crippen LogP contribution in [0.25, 0.3) is 0 Å². The van der Waals surface area contributed by atoms with Crippen LogP contribution >= 0.6 is 11.8 Å². The largest absolute Gasteiger partial charge is 0.185 e. The first-order chi connectivity index (χ1) is 6.74. The van der Waals surface area contributed by atoms with Gasteiger partial charge in [0.05, 0.1) is 0 Å². The van der Waals surface area contributed by atoms with Crippen molar-refractivity contribution in [3.8, 4) is 5.40 Å². The van der Waals surface area contributed by atoms with Gasteiger partial charge < -0.3 is 0 Å². The summed E-state index contributed by atoms with van der Waals surface area (Å²) >= 11 is 1.34. The van der Waals surface area contributed by atoms with E-state index in [1.807, 2.05) is 0 Å². The molecule has 0 atom stereocenters. The average molecular weight is 205 g/mol. The van der Waals surface area contributed by atoms with Gasteiger partial charge in [0.25, 0.3) is 0 Å². The standard InChI is InChI=1S/C12H15NS/c1-10-5-6-12(8-11(10)2)4-3-7-14-9-13/h5-6,8H,3-4,7H2,1-2H3. The van der Waals surface area contributed by atoms with Gasteiger partial charge in [0.15, 0.2) is 0 Å². The second kappa shape index (κ2) is 5.72. The Kier molecular flexibility index (Phi) is 4.55. The highest BCUT2D eigenvalue weighted by Crippen LogP contribution is 2.12. The molecule has 1 aromatic rings. The Morgan fingerprint density at radius 3 is 2.71 bits per heavy atom. The van der Waals surface area contributed by atoms with Gasteiger partial charge in [-0.15, -0.1) is 0 Å². The van der Waals surface area contributed by atoms with E-state index in [0.717, 1.165) is 18.6 Å². The highest BCUT2D eigenvalue weighted by atomic mass is 32.2. The normalized spacial score (nSPS) is 9.79. The fourth-order valence-electron chi connectivity index (χ4n) is 1.35. The molecule has 0 N–H and O–H groups in total. The predicted molar refractivity (Wildman–Crippen MR) is 62.3 cm³/mol. The number of thioether (sulfide) groups is 1. The molecule has 1 aromatic carbocycles. The summed E-state index contributed by atoms with van der Waals surface area (Å²) in [5, 5.41) is 10.4. The first-order valence-electron chi connectivity index (χ1n) is 4.81. The topological polar surface area (TPSA) is 23.8 Å². The molecular formula is C12H15NS. The van der Waals surface area contributed by atoms with E-state index in [2.05, 4.69) is 37.4 Å². The van der Waals surface area contributed by atoms with Crippen LogP contribution in [0, 0.1) is 24.5 Å². The maximum absolute atomic E-state index is 8.36. The number of rotatable bonds is 4. The van der Waals surface area contributed by atoms with E-state index in [1.165, 1.54) is 28.5 Å². The Labute approximate surface area is 90.1 Å². The van der Waals surface area contributed by atoms with Crippen molar-refractivity contribution in [2.24, 2.45) is 0 Å². The van der Waals surface area contributed by atoms with Crippen LogP contribution in [0.15, 0.2) is 18.2 Å². The number of nitrogens with zero attached hydrogens (tertiary/aromatic N) is 1. The highest BCUT2D eigenvalue weighted by molar-refractivity contribution is 8.03. The van der Waals surface area contributed by atoms with Crippen LogP contribution in [0.1, 0.15) is 23.1 Å². The van der Waals surface area contributed by atoms with Gasteiger partial charge in [-0.05, 0) is 55.1 Å². The van der Waals surface area contributed by atoms with Crippen molar-refractivity contribution >= 4 is 11.8 Å². The van der Waals surface area contributed by atoms with E-state index in [1.54, 1.807) is 0 Å². The van der Waals surface area contributed by atoms with E-state index < -0.39 is 0 Å². The molecule has 0 amide bonds. The quantitative estimate of drug-likeness (QED) is 0.555. The number of hydrogen-bond acceptors (Lipinski definition) is 2. The lowest BCUT2D eigenvalue weighted by molar-refractivity contribution is 0.932. The minimum absolute atomic E-state index is 0.934. The first-order valence-corrected chi connectivity index (χ1v) is 5.79. The van der Waals surface area contributed by atoms with Gasteiger partial charge in [0, 0.05) is 5.75 Å². The second-order valence-corrected chi connectivity index (χ2v) is 4.34. The molecule has 14 heavy (non-hydrogen) atoms. The van der Waals surface area contributed by atoms with Gasteiger partial charge in [-0.2, -0.15) is 5.26 Å². The molecule has 0 bridgehead atoms. The van der Waals surface area contributed by atoms with Crippen LogP contribution in [0.3, 0.4) is 0 Å². The van der Waals surface area contributed by atoms with E-state index in [0.29, 0.717) is 0 Å². The smallest absolute Gasteiger partial charge is 0.133 e. The Morgan fingerprint density at radius 2 is 2.07 bits per heavy atom. The third-order valence-corrected chi connectivity index (χ3v) is 2.97. The molecule has 0 heterocycles. The molecule has 1 rings (SSSR count). The SMILES string of the molecule is Cc1ccc(CCCSC#N)cc1C. The van der Waals surface area contributed by atoms with Crippen LogP contribution in [0.2, 0.25) is 0 Å². The maximum Gasteiger partial charge on any atom is 0.133 e. The van der Waals surface area contributed by atoms with Gasteiger partial charge in [-0.1, -0.05) is 18.2 Å². The van der Waals surface area contributed by atoms with E-state index in [-0.39, 0.29) is 0 Å². The van der Waals surface area contributed by atoms with E-state index in [4.69, 9.17) is 5.26 Å². The summed E-state index contributed by atoms with van der Waals surface area (Å²) in [5.41, 5.74) is 4.09. The molecule has 0 fully saturated rings. The molecular weight excluding hydrogens is 190 g/mol. The van der Waals surface area contributed by atoms with Crippen molar-refractivity contribution < 1.29 is 0 Å². The number of aryl methyl sites for hydroxylation is 3. The minimum Gasteiger partial charge on any atom is -0.185 e. The predicted octanol–water partition coefficient (Wildman–Crippen LogP) is 3.45. The molecule has 74 valence electrons. The van der Waals surface area contributed by atoms with Gasteiger partial charge >= 0.3 is 0 Å². The summed E-state index contributed by atoms with van der Waals surface area (Å²) in [5.74, 6) is 0.934. The lowest BCUT2D eigenvalue weighted by Crippen LogP contribution is -1.89. The van der Waals surface area contributed by atoms with Crippen LogP contribution in [0.5, 0.6) is 0 Å². The van der Waals surface area contributed by atoms with Crippen LogP contribution < -0.4 is 0 Å². The summed E-state index contributed by atoms with van der Waals surface area (Å²) in [6.45, 7) is 4.27. The third kappa shape index (κ3) is 3.43. The molecule has 0 aliphatic rings. The number of nitriles is 1. The van der Waals surface area contributed by atoms with Crippen LogP contribution in [-0.4, -0.2) is 5.75 Å². The Hall–Kier alpha value is -0.940. The molecule has 1 nitrogen and oxygen atoms in total. The number of thiocyanates is 1. The Bertz CT molecular complexity index is 339. The van der Waals surface area contributed by atoms with Gasteiger partial charge in [0.1, 0.15) is 5.40 Å². The molecule has 2 heteroatoms. The highest BCUT2D eigenvalue weighted by Gasteiger charge is 1.96. The van der Waals surface area contributed by atoms with Crippen LogP contribution in [0.4, 0.5) is 0 Å². The van der Waals surface area contributed by atoms with Gasteiger partial charge in [0.2, 0.25) is 0 Å². The Balaban J connectivity index is 2.44. The Morgan fingerprint density at radius 1 is 1.29 bits per heavy atom. The second-order valence-electron chi connectivity index (χ2n) is 3.46. The van der Waals surface area contributed by atoms with E-state index in [9.17, 15) is 0 Å². The van der Waals surface area contributed by atoms with Crippen molar-refractivity contribution in [3.05, 3.63) is 34.9 Å². The van der Waals surface area contributed by atoms with Crippen LogP contribution in [-0.2, 0) is 6.42 Å². The molecule has 0 radical (unpaired) electrons. The molecule has 0 aliphatic heterocycles. The maximum atomic E-state index is 8.36. The summed E-state index contributed by atoms with van der Waals surface area (Å²) in [6, 6.07) is 6.59. The van der Waals surface area contributed by atoms with Gasteiger partial charge in [-0.3, -0.25) is 0 Å². The fraction of sp³-hybridized carbons (Fsp3) is 0.417. The fourth-order valence-corrected chi connectivity index (χ4v) is 1.73. The van der Waals surface area contributed by atoms with Gasteiger partial charge in [-0.25, -0.2) is 0 Å². The molecule has 0 saturated carbocycles. The zero-order chi connectivity index (χ0) is 10.4. The van der Waals surface area contributed by atoms with E-state index >= 15 is 0 Å². The van der Waals surface area contributed by atoms with Crippen molar-refractivity contribution in [2.45, 2.75) is 26.7 Å². The molecule has 0 aromatic heterocycles. The number of benzene rings is 1. The minimum atomic E-state index is 0.934. The zero-order valence-electron chi connectivity index (χ0n) is 8.71. The monoisotopic (exact) mass is 205 g/mol. The molecule has 0 aliphatic carbocycles. The molecule has 0 unspecified atom stereocenters. The zero-order valence-corrected chi connectivity index (χ0v) is 9.53. The summed E-state index contributed by atoms with van der Waals surface area (Å²) < 4.78 is 0. The van der Waals surface area contributed by atoms with Crippen molar-refractivity contribution in [3.63, 3.8) is 0 Å². The van der Waals surface area contributed by atoms with Crippen molar-refractivity contribution in [2.75, 3.05) is 5.75 Å².